The molecule has 0 spiro atoms. The number of amides is 2. The highest BCUT2D eigenvalue weighted by Crippen LogP contribution is 2.31. The van der Waals surface area contributed by atoms with Crippen molar-refractivity contribution in [3.63, 3.8) is 0 Å². The summed E-state index contributed by atoms with van der Waals surface area (Å²) in [4.78, 5) is 34.1. The van der Waals surface area contributed by atoms with Gasteiger partial charge in [0, 0.05) is 23.7 Å². The van der Waals surface area contributed by atoms with Crippen LogP contribution in [-0.2, 0) is 9.59 Å². The lowest BCUT2D eigenvalue weighted by molar-refractivity contribution is -0.144. The molecule has 2 heterocycles. The van der Waals surface area contributed by atoms with E-state index in [2.05, 4.69) is 10.1 Å². The molecule has 1 aliphatic heterocycles. The van der Waals surface area contributed by atoms with E-state index in [1.165, 1.54) is 0 Å². The Bertz CT molecular complexity index is 1120. The van der Waals surface area contributed by atoms with Crippen LogP contribution in [0.3, 0.4) is 0 Å². The number of carbonyl (C=O) groups excluding carboxylic acids is 2. The van der Waals surface area contributed by atoms with Gasteiger partial charge in [0.1, 0.15) is 11.8 Å². The molecule has 1 saturated heterocycles. The average Bonchev–Trinajstić information content (AvgIpc) is 3.38. The fraction of sp³-hybridized carbons (Fsp3) is 0.385. The Kier molecular flexibility index (Phi) is 8.36. The number of carbonyl (C=O) groups is 2. The van der Waals surface area contributed by atoms with Gasteiger partial charge in [-0.2, -0.15) is 4.98 Å². The molecule has 1 atom stereocenters. The van der Waals surface area contributed by atoms with Gasteiger partial charge in [-0.15, -0.1) is 0 Å². The molecule has 4 rings (SSSR count). The Morgan fingerprint density at radius 2 is 1.91 bits per heavy atom. The minimum atomic E-state index is -0.316. The van der Waals surface area contributed by atoms with E-state index in [4.69, 9.17) is 20.9 Å². The number of halogens is 1. The van der Waals surface area contributed by atoms with Crippen LogP contribution >= 0.6 is 11.6 Å². The van der Waals surface area contributed by atoms with Crippen molar-refractivity contribution in [1.82, 2.24) is 19.9 Å². The Labute approximate surface area is 209 Å². The van der Waals surface area contributed by atoms with Crippen LogP contribution in [0.5, 0.6) is 5.75 Å². The molecule has 3 aromatic rings. The molecule has 2 amide bonds. The number of hydrogen-bond acceptors (Lipinski definition) is 6. The minimum Gasteiger partial charge on any atom is -0.484 e. The highest BCUT2D eigenvalue weighted by atomic mass is 35.5. The SMILES string of the molecule is CCCN(CC(=O)N1CCCCC1c1nc(-c2ccc(Cl)cc2)no1)C(=O)COc1ccccc1. The fourth-order valence-corrected chi connectivity index (χ4v) is 4.27. The highest BCUT2D eigenvalue weighted by Gasteiger charge is 2.33. The number of para-hydroxylation sites is 1. The molecule has 1 fully saturated rings. The lowest BCUT2D eigenvalue weighted by Gasteiger charge is -2.35. The van der Waals surface area contributed by atoms with Crippen molar-refractivity contribution in [2.75, 3.05) is 26.2 Å². The van der Waals surface area contributed by atoms with Crippen LogP contribution in [0.4, 0.5) is 0 Å². The fourth-order valence-electron chi connectivity index (χ4n) is 4.14. The molecule has 2 aromatic carbocycles. The Morgan fingerprint density at radius 1 is 1.14 bits per heavy atom. The van der Waals surface area contributed by atoms with Crippen molar-refractivity contribution in [3.8, 4) is 17.1 Å². The summed E-state index contributed by atoms with van der Waals surface area (Å²) in [5.74, 6) is 1.12. The molecule has 0 N–H and O–H groups in total. The van der Waals surface area contributed by atoms with Crippen LogP contribution < -0.4 is 4.74 Å². The molecule has 1 aliphatic rings. The molecule has 8 nitrogen and oxygen atoms in total. The van der Waals surface area contributed by atoms with Crippen molar-refractivity contribution in [2.45, 2.75) is 38.6 Å². The average molecular weight is 497 g/mol. The van der Waals surface area contributed by atoms with Crippen molar-refractivity contribution in [2.24, 2.45) is 0 Å². The van der Waals surface area contributed by atoms with Gasteiger partial charge in [0.15, 0.2) is 6.61 Å². The standard InChI is InChI=1S/C26H29ClN4O4/c1-2-15-30(24(33)18-34-21-8-4-3-5-9-21)17-23(32)31-16-7-6-10-22(31)26-28-25(29-35-26)19-11-13-20(27)14-12-19/h3-5,8-9,11-14,22H,2,6-7,10,15-18H2,1H3. The number of likely N-dealkylation sites (tertiary alicyclic amines) is 1. The molecule has 35 heavy (non-hydrogen) atoms. The number of hydrogen-bond donors (Lipinski definition) is 0. The van der Waals surface area contributed by atoms with E-state index in [9.17, 15) is 9.59 Å². The van der Waals surface area contributed by atoms with E-state index in [-0.39, 0.29) is 31.0 Å². The molecule has 0 bridgehead atoms. The van der Waals surface area contributed by atoms with Crippen LogP contribution in [0, 0.1) is 0 Å². The summed E-state index contributed by atoms with van der Waals surface area (Å²) in [5.41, 5.74) is 0.788. The van der Waals surface area contributed by atoms with Gasteiger partial charge in [-0.05, 0) is 62.1 Å². The van der Waals surface area contributed by atoms with Gasteiger partial charge in [0.05, 0.1) is 6.54 Å². The van der Waals surface area contributed by atoms with Crippen LogP contribution in [0.1, 0.15) is 44.5 Å². The number of rotatable bonds is 9. The molecule has 1 unspecified atom stereocenters. The van der Waals surface area contributed by atoms with Gasteiger partial charge in [-0.25, -0.2) is 0 Å². The maximum atomic E-state index is 13.3. The zero-order valence-electron chi connectivity index (χ0n) is 19.7. The van der Waals surface area contributed by atoms with E-state index >= 15 is 0 Å². The van der Waals surface area contributed by atoms with E-state index in [1.54, 1.807) is 34.1 Å². The van der Waals surface area contributed by atoms with Gasteiger partial charge >= 0.3 is 0 Å². The van der Waals surface area contributed by atoms with Gasteiger partial charge in [-0.3, -0.25) is 9.59 Å². The van der Waals surface area contributed by atoms with Crippen LogP contribution in [0.25, 0.3) is 11.4 Å². The number of nitrogens with zero attached hydrogens (tertiary/aromatic N) is 4. The molecule has 0 radical (unpaired) electrons. The van der Waals surface area contributed by atoms with E-state index in [0.717, 1.165) is 31.2 Å². The first-order chi connectivity index (χ1) is 17.0. The summed E-state index contributed by atoms with van der Waals surface area (Å²) in [6.07, 6.45) is 3.31. The first kappa shape index (κ1) is 24.7. The summed E-state index contributed by atoms with van der Waals surface area (Å²) < 4.78 is 11.2. The highest BCUT2D eigenvalue weighted by molar-refractivity contribution is 6.30. The third-order valence-corrected chi connectivity index (χ3v) is 6.18. The van der Waals surface area contributed by atoms with Crippen molar-refractivity contribution in [3.05, 3.63) is 65.5 Å². The van der Waals surface area contributed by atoms with Gasteiger partial charge in [0.2, 0.25) is 17.6 Å². The predicted octanol–water partition coefficient (Wildman–Crippen LogP) is 4.76. The lowest BCUT2D eigenvalue weighted by atomic mass is 10.0. The van der Waals surface area contributed by atoms with Crippen LogP contribution in [-0.4, -0.2) is 58.0 Å². The topological polar surface area (TPSA) is 88.8 Å². The second kappa shape index (κ2) is 11.8. The smallest absolute Gasteiger partial charge is 0.260 e. The summed E-state index contributed by atoms with van der Waals surface area (Å²) in [6, 6.07) is 16.0. The van der Waals surface area contributed by atoms with Crippen LogP contribution in [0.15, 0.2) is 59.1 Å². The van der Waals surface area contributed by atoms with Crippen molar-refractivity contribution < 1.29 is 18.8 Å². The first-order valence-electron chi connectivity index (χ1n) is 11.9. The second-order valence-electron chi connectivity index (χ2n) is 8.48. The predicted molar refractivity (Wildman–Crippen MR) is 132 cm³/mol. The van der Waals surface area contributed by atoms with Gasteiger partial charge < -0.3 is 19.1 Å². The Hall–Kier alpha value is -3.39. The third kappa shape index (κ3) is 6.39. The van der Waals surface area contributed by atoms with Crippen LogP contribution in [0.2, 0.25) is 5.02 Å². The summed E-state index contributed by atoms with van der Waals surface area (Å²) in [6.45, 7) is 2.90. The molecule has 0 aliphatic carbocycles. The van der Waals surface area contributed by atoms with Gasteiger partial charge in [-0.1, -0.05) is 41.9 Å². The van der Waals surface area contributed by atoms with E-state index in [0.29, 0.717) is 35.6 Å². The zero-order chi connectivity index (χ0) is 24.6. The largest absolute Gasteiger partial charge is 0.484 e. The molecule has 184 valence electrons. The number of piperidine rings is 1. The number of aromatic nitrogens is 2. The normalized spacial score (nSPS) is 15.6. The van der Waals surface area contributed by atoms with Crippen molar-refractivity contribution >= 4 is 23.4 Å². The maximum absolute atomic E-state index is 13.3. The molecular formula is C26H29ClN4O4. The summed E-state index contributed by atoms with van der Waals surface area (Å²) in [5, 5.41) is 4.74. The zero-order valence-corrected chi connectivity index (χ0v) is 20.5. The molecule has 9 heteroatoms. The minimum absolute atomic E-state index is 0.0144. The summed E-state index contributed by atoms with van der Waals surface area (Å²) >= 11 is 5.97. The first-order valence-corrected chi connectivity index (χ1v) is 12.3. The number of benzene rings is 2. The maximum Gasteiger partial charge on any atom is 0.260 e. The molecule has 0 saturated carbocycles. The lowest BCUT2D eigenvalue weighted by Crippen LogP contribution is -2.47. The third-order valence-electron chi connectivity index (χ3n) is 5.93. The molecule has 1 aromatic heterocycles. The quantitative estimate of drug-likeness (QED) is 0.424. The van der Waals surface area contributed by atoms with Gasteiger partial charge in [0.25, 0.3) is 5.91 Å². The van der Waals surface area contributed by atoms with E-state index < -0.39 is 0 Å². The monoisotopic (exact) mass is 496 g/mol. The Morgan fingerprint density at radius 3 is 2.66 bits per heavy atom. The van der Waals surface area contributed by atoms with E-state index in [1.807, 2.05) is 37.3 Å². The summed E-state index contributed by atoms with van der Waals surface area (Å²) in [7, 11) is 0. The van der Waals surface area contributed by atoms with Crippen molar-refractivity contribution in [1.29, 1.82) is 0 Å². The second-order valence-corrected chi connectivity index (χ2v) is 8.92. The number of ether oxygens (including phenoxy) is 1. The Balaban J connectivity index is 1.43. The molecular weight excluding hydrogens is 468 g/mol.